The third-order valence-corrected chi connectivity index (χ3v) is 4.34. The number of carbonyl (C=O) groups excluding carboxylic acids is 1. The van der Waals surface area contributed by atoms with Gasteiger partial charge in [-0.15, -0.1) is 0 Å². The number of carbonyl (C=O) groups is 1. The molecule has 0 saturated carbocycles. The van der Waals surface area contributed by atoms with Gasteiger partial charge in [-0.1, -0.05) is 0 Å². The van der Waals surface area contributed by atoms with E-state index in [1.165, 1.54) is 6.92 Å². The van der Waals surface area contributed by atoms with Crippen molar-refractivity contribution in [2.45, 2.75) is 59.5 Å². The summed E-state index contributed by atoms with van der Waals surface area (Å²) in [6, 6.07) is 0. The molecular weight excluding hydrogens is 252 g/mol. The number of rotatable bonds is 2. The second kappa shape index (κ2) is 5.12. The van der Waals surface area contributed by atoms with Crippen LogP contribution in [-0.2, 0) is 11.2 Å². The minimum absolute atomic E-state index is 0.195. The standard InChI is InChI=1S/C17H23O3/c1-7-17(6)9-8-14-12(4)15(19-13(5)18)10(2)11(3)16(14)20-17/h1,7-9H2,2-6H3/t17-/m0/s1. The first kappa shape index (κ1) is 14.9. The number of esters is 1. The molecule has 0 amide bonds. The molecule has 0 spiro atoms. The highest BCUT2D eigenvalue weighted by molar-refractivity contribution is 5.72. The summed E-state index contributed by atoms with van der Waals surface area (Å²) in [5.41, 5.74) is 4.02. The van der Waals surface area contributed by atoms with Crippen LogP contribution in [0.4, 0.5) is 0 Å². The minimum Gasteiger partial charge on any atom is -0.487 e. The second-order valence-electron chi connectivity index (χ2n) is 5.91. The van der Waals surface area contributed by atoms with E-state index in [4.69, 9.17) is 9.47 Å². The molecule has 1 heterocycles. The smallest absolute Gasteiger partial charge is 0.308 e. The van der Waals surface area contributed by atoms with Crippen molar-refractivity contribution in [1.82, 2.24) is 0 Å². The van der Waals surface area contributed by atoms with E-state index in [2.05, 4.69) is 13.8 Å². The lowest BCUT2D eigenvalue weighted by atomic mass is 9.86. The fraction of sp³-hybridized carbons (Fsp3) is 0.529. The Morgan fingerprint density at radius 3 is 2.50 bits per heavy atom. The maximum atomic E-state index is 11.3. The van der Waals surface area contributed by atoms with Crippen LogP contribution in [0.25, 0.3) is 0 Å². The zero-order valence-electron chi connectivity index (χ0n) is 13.1. The van der Waals surface area contributed by atoms with Crippen molar-refractivity contribution < 1.29 is 14.3 Å². The Labute approximate surface area is 121 Å². The van der Waals surface area contributed by atoms with Crippen molar-refractivity contribution in [2.75, 3.05) is 0 Å². The normalized spacial score (nSPS) is 21.1. The Bertz CT molecular complexity index is 560. The van der Waals surface area contributed by atoms with Gasteiger partial charge < -0.3 is 9.47 Å². The first-order chi connectivity index (χ1) is 9.29. The monoisotopic (exact) mass is 275 g/mol. The summed E-state index contributed by atoms with van der Waals surface area (Å²) in [6.45, 7) is 13.5. The van der Waals surface area contributed by atoms with Gasteiger partial charge in [-0.2, -0.15) is 0 Å². The lowest BCUT2D eigenvalue weighted by molar-refractivity contribution is -0.132. The molecule has 1 aromatic carbocycles. The quantitative estimate of drug-likeness (QED) is 0.607. The largest absolute Gasteiger partial charge is 0.487 e. The Morgan fingerprint density at radius 2 is 1.95 bits per heavy atom. The molecule has 20 heavy (non-hydrogen) atoms. The topological polar surface area (TPSA) is 35.5 Å². The van der Waals surface area contributed by atoms with E-state index >= 15 is 0 Å². The van der Waals surface area contributed by atoms with E-state index in [0.717, 1.165) is 47.3 Å². The summed E-state index contributed by atoms with van der Waals surface area (Å²) in [5, 5.41) is 0. The lowest BCUT2D eigenvalue weighted by Gasteiger charge is -2.37. The van der Waals surface area contributed by atoms with Crippen molar-refractivity contribution >= 4 is 5.97 Å². The van der Waals surface area contributed by atoms with Crippen LogP contribution < -0.4 is 9.47 Å². The molecule has 0 aliphatic carbocycles. The van der Waals surface area contributed by atoms with Gasteiger partial charge in [0, 0.05) is 12.5 Å². The van der Waals surface area contributed by atoms with Gasteiger partial charge in [0.05, 0.1) is 0 Å². The molecule has 1 radical (unpaired) electrons. The number of benzene rings is 1. The van der Waals surface area contributed by atoms with Crippen molar-refractivity contribution in [3.63, 3.8) is 0 Å². The van der Waals surface area contributed by atoms with E-state index in [-0.39, 0.29) is 11.6 Å². The van der Waals surface area contributed by atoms with E-state index in [1.807, 2.05) is 20.8 Å². The molecule has 3 nitrogen and oxygen atoms in total. The van der Waals surface area contributed by atoms with Crippen LogP contribution >= 0.6 is 0 Å². The second-order valence-corrected chi connectivity index (χ2v) is 5.91. The van der Waals surface area contributed by atoms with Crippen molar-refractivity contribution in [2.24, 2.45) is 0 Å². The van der Waals surface area contributed by atoms with E-state index in [9.17, 15) is 4.79 Å². The molecule has 0 unspecified atom stereocenters. The van der Waals surface area contributed by atoms with Crippen LogP contribution in [0.1, 0.15) is 48.9 Å². The van der Waals surface area contributed by atoms with Gasteiger partial charge in [-0.3, -0.25) is 4.79 Å². The molecule has 3 heteroatoms. The Kier molecular flexibility index (Phi) is 3.81. The number of fused-ring (bicyclic) bond motifs is 1. The number of ether oxygens (including phenoxy) is 2. The summed E-state index contributed by atoms with van der Waals surface area (Å²) >= 11 is 0. The van der Waals surface area contributed by atoms with Crippen LogP contribution in [0.2, 0.25) is 0 Å². The molecule has 109 valence electrons. The van der Waals surface area contributed by atoms with Crippen LogP contribution in [0.5, 0.6) is 11.5 Å². The fourth-order valence-corrected chi connectivity index (χ4v) is 2.75. The van der Waals surface area contributed by atoms with Gasteiger partial charge in [0.2, 0.25) is 0 Å². The van der Waals surface area contributed by atoms with E-state index in [1.54, 1.807) is 0 Å². The SMILES string of the molecule is [CH2]C[C@@]1(C)CCc2c(C)c(OC(C)=O)c(C)c(C)c2O1. The third kappa shape index (κ3) is 2.41. The highest BCUT2D eigenvalue weighted by atomic mass is 16.5. The van der Waals surface area contributed by atoms with Gasteiger partial charge in [0.1, 0.15) is 17.1 Å². The predicted octanol–water partition coefficient (Wildman–Crippen LogP) is 3.85. The van der Waals surface area contributed by atoms with Gasteiger partial charge in [0.15, 0.2) is 0 Å². The summed E-state index contributed by atoms with van der Waals surface area (Å²) in [7, 11) is 0. The third-order valence-electron chi connectivity index (χ3n) is 4.34. The van der Waals surface area contributed by atoms with Crippen molar-refractivity contribution in [1.29, 1.82) is 0 Å². The maximum absolute atomic E-state index is 11.3. The van der Waals surface area contributed by atoms with Gasteiger partial charge in [0.25, 0.3) is 0 Å². The van der Waals surface area contributed by atoms with Crippen LogP contribution in [0.3, 0.4) is 0 Å². The van der Waals surface area contributed by atoms with Gasteiger partial charge in [-0.25, -0.2) is 0 Å². The summed E-state index contributed by atoms with van der Waals surface area (Å²) in [4.78, 5) is 11.3. The van der Waals surface area contributed by atoms with Crippen molar-refractivity contribution in [3.8, 4) is 11.5 Å². The lowest BCUT2D eigenvalue weighted by Crippen LogP contribution is -2.36. The maximum Gasteiger partial charge on any atom is 0.308 e. The highest BCUT2D eigenvalue weighted by Crippen LogP contribution is 2.44. The molecule has 0 fully saturated rings. The fourth-order valence-electron chi connectivity index (χ4n) is 2.75. The zero-order valence-corrected chi connectivity index (χ0v) is 13.1. The molecule has 1 aliphatic heterocycles. The summed E-state index contributed by atoms with van der Waals surface area (Å²) in [6.07, 6.45) is 2.62. The molecule has 2 rings (SSSR count). The Balaban J connectivity index is 2.57. The van der Waals surface area contributed by atoms with Gasteiger partial charge in [-0.05, 0) is 70.6 Å². The molecule has 1 aromatic rings. The predicted molar refractivity (Wildman–Crippen MR) is 79.3 cm³/mol. The van der Waals surface area contributed by atoms with Gasteiger partial charge >= 0.3 is 5.97 Å². The van der Waals surface area contributed by atoms with Crippen LogP contribution in [0, 0.1) is 27.7 Å². The molecule has 0 aromatic heterocycles. The highest BCUT2D eigenvalue weighted by Gasteiger charge is 2.33. The summed E-state index contributed by atoms with van der Waals surface area (Å²) in [5.74, 6) is 1.36. The molecular formula is C17H23O3. The minimum atomic E-state index is -0.283. The van der Waals surface area contributed by atoms with Crippen LogP contribution in [-0.4, -0.2) is 11.6 Å². The molecule has 1 atom stereocenters. The Morgan fingerprint density at radius 1 is 1.30 bits per heavy atom. The Hall–Kier alpha value is -1.51. The number of hydrogen-bond donors (Lipinski definition) is 0. The average molecular weight is 275 g/mol. The molecule has 0 saturated heterocycles. The molecule has 0 bridgehead atoms. The van der Waals surface area contributed by atoms with Crippen molar-refractivity contribution in [3.05, 3.63) is 29.2 Å². The van der Waals surface area contributed by atoms with E-state index in [0.29, 0.717) is 5.75 Å². The molecule has 1 aliphatic rings. The zero-order chi connectivity index (χ0) is 15.1. The first-order valence-corrected chi connectivity index (χ1v) is 7.08. The first-order valence-electron chi connectivity index (χ1n) is 7.08. The summed E-state index contributed by atoms with van der Waals surface area (Å²) < 4.78 is 11.6. The number of hydrogen-bond acceptors (Lipinski definition) is 3. The van der Waals surface area contributed by atoms with Crippen LogP contribution in [0.15, 0.2) is 0 Å². The average Bonchev–Trinajstić information content (AvgIpc) is 2.41. The van der Waals surface area contributed by atoms with E-state index < -0.39 is 0 Å². The molecule has 0 N–H and O–H groups in total.